The fourth-order valence-electron chi connectivity index (χ4n) is 1.72. The van der Waals surface area contributed by atoms with Crippen LogP contribution in [-0.4, -0.2) is 25.9 Å². The third kappa shape index (κ3) is 5.16. The molecule has 0 bridgehead atoms. The van der Waals surface area contributed by atoms with Crippen LogP contribution in [0, 0.1) is 5.41 Å². The van der Waals surface area contributed by atoms with Crippen molar-refractivity contribution in [3.05, 3.63) is 35.9 Å². The largest absolute Gasteiger partial charge is 0.394 e. The minimum atomic E-state index is -3.41. The molecule has 0 aromatic heterocycles. The van der Waals surface area contributed by atoms with Crippen LogP contribution in [0.5, 0.6) is 0 Å². The first-order valence-corrected chi connectivity index (χ1v) is 7.54. The van der Waals surface area contributed by atoms with Crippen molar-refractivity contribution in [2.45, 2.75) is 26.8 Å². The molecule has 0 fully saturated rings. The lowest BCUT2D eigenvalue weighted by atomic mass is 10.0. The molecule has 0 saturated heterocycles. The lowest BCUT2D eigenvalue weighted by molar-refractivity contribution is 0.258. The van der Waals surface area contributed by atoms with Gasteiger partial charge in [-0.15, -0.1) is 0 Å². The molecule has 102 valence electrons. The van der Waals surface area contributed by atoms with E-state index in [0.29, 0.717) is 0 Å². The van der Waals surface area contributed by atoms with Gasteiger partial charge in [0.15, 0.2) is 0 Å². The van der Waals surface area contributed by atoms with Gasteiger partial charge in [0.2, 0.25) is 10.0 Å². The smallest absolute Gasteiger partial charge is 0.212 e. The predicted molar refractivity (Wildman–Crippen MR) is 72.6 cm³/mol. The molecule has 0 aliphatic rings. The molecule has 0 amide bonds. The van der Waals surface area contributed by atoms with E-state index in [1.165, 1.54) is 0 Å². The molecule has 2 N–H and O–H groups in total. The molecular formula is C13H21NO3S. The lowest BCUT2D eigenvalue weighted by Gasteiger charge is -2.22. The van der Waals surface area contributed by atoms with E-state index in [9.17, 15) is 13.5 Å². The van der Waals surface area contributed by atoms with E-state index in [1.807, 2.05) is 39.0 Å². The molecule has 1 atom stereocenters. The van der Waals surface area contributed by atoms with E-state index in [1.54, 1.807) is 12.1 Å². The Morgan fingerprint density at radius 1 is 1.22 bits per heavy atom. The summed E-state index contributed by atoms with van der Waals surface area (Å²) in [5.74, 6) is 0.0311. The minimum Gasteiger partial charge on any atom is -0.394 e. The first kappa shape index (κ1) is 15.1. The van der Waals surface area contributed by atoms with Crippen LogP contribution in [0.1, 0.15) is 32.4 Å². The van der Waals surface area contributed by atoms with Gasteiger partial charge in [0.1, 0.15) is 0 Å². The topological polar surface area (TPSA) is 66.4 Å². The Bertz CT molecular complexity index is 463. The summed E-state index contributed by atoms with van der Waals surface area (Å²) in [6, 6.07) is 8.48. The van der Waals surface area contributed by atoms with Gasteiger partial charge in [0.05, 0.1) is 18.4 Å². The van der Waals surface area contributed by atoms with Crippen LogP contribution in [0.15, 0.2) is 30.3 Å². The Balaban J connectivity index is 2.82. The summed E-state index contributed by atoms with van der Waals surface area (Å²) in [6.45, 7) is 5.33. The Labute approximate surface area is 109 Å². The number of nitrogens with one attached hydrogen (secondary N) is 1. The normalized spacial score (nSPS) is 14.4. The van der Waals surface area contributed by atoms with Gasteiger partial charge in [-0.25, -0.2) is 13.1 Å². The van der Waals surface area contributed by atoms with E-state index in [4.69, 9.17) is 0 Å². The van der Waals surface area contributed by atoms with Crippen molar-refractivity contribution in [3.8, 4) is 0 Å². The molecule has 0 aliphatic heterocycles. The Morgan fingerprint density at radius 3 is 2.22 bits per heavy atom. The average Bonchev–Trinajstić information content (AvgIpc) is 2.24. The number of rotatable bonds is 5. The number of hydrogen-bond acceptors (Lipinski definition) is 3. The van der Waals surface area contributed by atoms with Gasteiger partial charge in [0, 0.05) is 0 Å². The zero-order chi connectivity index (χ0) is 13.8. The van der Waals surface area contributed by atoms with Gasteiger partial charge in [-0.3, -0.25) is 0 Å². The molecule has 1 unspecified atom stereocenters. The monoisotopic (exact) mass is 271 g/mol. The Kier molecular flexibility index (Phi) is 4.90. The van der Waals surface area contributed by atoms with Gasteiger partial charge < -0.3 is 5.11 Å². The maximum absolute atomic E-state index is 12.0. The molecular weight excluding hydrogens is 250 g/mol. The summed E-state index contributed by atoms with van der Waals surface area (Å²) in [6.07, 6.45) is 0. The number of aliphatic hydroxyl groups excluding tert-OH is 1. The third-order valence-corrected chi connectivity index (χ3v) is 4.22. The van der Waals surface area contributed by atoms with Crippen molar-refractivity contribution in [1.82, 2.24) is 4.72 Å². The van der Waals surface area contributed by atoms with Crippen molar-refractivity contribution in [1.29, 1.82) is 0 Å². The summed E-state index contributed by atoms with van der Waals surface area (Å²) in [7, 11) is -3.41. The molecule has 1 aromatic carbocycles. The molecule has 1 rings (SSSR count). The predicted octanol–water partition coefficient (Wildman–Crippen LogP) is 1.69. The average molecular weight is 271 g/mol. The van der Waals surface area contributed by atoms with E-state index < -0.39 is 16.1 Å². The minimum absolute atomic E-state index is 0.0311. The zero-order valence-corrected chi connectivity index (χ0v) is 11.9. The summed E-state index contributed by atoms with van der Waals surface area (Å²) in [5.41, 5.74) is 0.445. The highest BCUT2D eigenvalue weighted by Crippen LogP contribution is 2.18. The van der Waals surface area contributed by atoms with Gasteiger partial charge in [0.25, 0.3) is 0 Å². The first-order chi connectivity index (χ1) is 8.23. The summed E-state index contributed by atoms with van der Waals surface area (Å²) >= 11 is 0. The molecule has 1 aromatic rings. The number of aliphatic hydroxyl groups is 1. The lowest BCUT2D eigenvalue weighted by Crippen LogP contribution is -2.36. The van der Waals surface area contributed by atoms with Crippen molar-refractivity contribution >= 4 is 10.0 Å². The molecule has 18 heavy (non-hydrogen) atoms. The summed E-state index contributed by atoms with van der Waals surface area (Å²) in [4.78, 5) is 0. The standard InChI is InChI=1S/C13H21NO3S/c1-13(2,3)10-18(16,17)14-12(9-15)11-7-5-4-6-8-11/h4-8,12,14-15H,9-10H2,1-3H3. The number of hydrogen-bond donors (Lipinski definition) is 2. The molecule has 0 radical (unpaired) electrons. The second-order valence-corrected chi connectivity index (χ2v) is 7.34. The van der Waals surface area contributed by atoms with Crippen LogP contribution in [0.25, 0.3) is 0 Å². The summed E-state index contributed by atoms with van der Waals surface area (Å²) in [5, 5.41) is 9.31. The second kappa shape index (κ2) is 5.82. The van der Waals surface area contributed by atoms with Crippen LogP contribution < -0.4 is 4.72 Å². The van der Waals surface area contributed by atoms with Crippen LogP contribution in [0.4, 0.5) is 0 Å². The van der Waals surface area contributed by atoms with Gasteiger partial charge in [-0.05, 0) is 11.0 Å². The Hall–Kier alpha value is -0.910. The van der Waals surface area contributed by atoms with E-state index in [0.717, 1.165) is 5.56 Å². The SMILES string of the molecule is CC(C)(C)CS(=O)(=O)NC(CO)c1ccccc1. The van der Waals surface area contributed by atoms with Crippen LogP contribution in [0.3, 0.4) is 0 Å². The molecule has 0 heterocycles. The van der Waals surface area contributed by atoms with Gasteiger partial charge in [-0.2, -0.15) is 0 Å². The summed E-state index contributed by atoms with van der Waals surface area (Å²) < 4.78 is 26.5. The van der Waals surface area contributed by atoms with E-state index in [2.05, 4.69) is 4.72 Å². The van der Waals surface area contributed by atoms with Crippen molar-refractivity contribution < 1.29 is 13.5 Å². The molecule has 4 nitrogen and oxygen atoms in total. The zero-order valence-electron chi connectivity index (χ0n) is 11.1. The highest BCUT2D eigenvalue weighted by molar-refractivity contribution is 7.89. The quantitative estimate of drug-likeness (QED) is 0.856. The highest BCUT2D eigenvalue weighted by Gasteiger charge is 2.24. The van der Waals surface area contributed by atoms with Crippen LogP contribution >= 0.6 is 0 Å². The van der Waals surface area contributed by atoms with Gasteiger partial charge >= 0.3 is 0 Å². The molecule has 0 aliphatic carbocycles. The third-order valence-electron chi connectivity index (χ3n) is 2.33. The van der Waals surface area contributed by atoms with Crippen molar-refractivity contribution in [2.75, 3.05) is 12.4 Å². The fraction of sp³-hybridized carbons (Fsp3) is 0.538. The Morgan fingerprint density at radius 2 is 1.78 bits per heavy atom. The van der Waals surface area contributed by atoms with E-state index >= 15 is 0 Å². The van der Waals surface area contributed by atoms with Crippen LogP contribution in [0.2, 0.25) is 0 Å². The van der Waals surface area contributed by atoms with E-state index in [-0.39, 0.29) is 17.8 Å². The molecule has 0 saturated carbocycles. The van der Waals surface area contributed by atoms with Crippen LogP contribution in [-0.2, 0) is 10.0 Å². The molecule has 0 spiro atoms. The number of benzene rings is 1. The molecule has 5 heteroatoms. The first-order valence-electron chi connectivity index (χ1n) is 5.89. The van der Waals surface area contributed by atoms with Gasteiger partial charge in [-0.1, -0.05) is 51.1 Å². The number of sulfonamides is 1. The van der Waals surface area contributed by atoms with Crippen molar-refractivity contribution in [2.24, 2.45) is 5.41 Å². The maximum atomic E-state index is 12.0. The maximum Gasteiger partial charge on any atom is 0.212 e. The highest BCUT2D eigenvalue weighted by atomic mass is 32.2. The van der Waals surface area contributed by atoms with Crippen molar-refractivity contribution in [3.63, 3.8) is 0 Å². The second-order valence-electron chi connectivity index (χ2n) is 5.58. The fourth-order valence-corrected chi connectivity index (χ4v) is 3.59.